The zero-order chi connectivity index (χ0) is 14.8. The van der Waals surface area contributed by atoms with Gasteiger partial charge in [-0.3, -0.25) is 0 Å². The summed E-state index contributed by atoms with van der Waals surface area (Å²) < 4.78 is 4.19. The molecule has 0 aliphatic rings. The molecule has 0 amide bonds. The summed E-state index contributed by atoms with van der Waals surface area (Å²) in [5, 5.41) is 5.54. The molecular weight excluding hydrogens is 262 g/mol. The highest BCUT2D eigenvalue weighted by molar-refractivity contribution is 5.80. The summed E-state index contributed by atoms with van der Waals surface area (Å²) >= 11 is 0. The molecule has 0 atom stereocenters. The molecule has 0 aliphatic heterocycles. The van der Waals surface area contributed by atoms with E-state index in [0.717, 1.165) is 18.8 Å². The Hall–Kier alpha value is -2.14. The van der Waals surface area contributed by atoms with Crippen molar-refractivity contribution in [1.29, 1.82) is 0 Å². The second-order valence-electron chi connectivity index (χ2n) is 5.59. The number of hydrogen-bond donors (Lipinski definition) is 1. The largest absolute Gasteiger partial charge is 0.340 e. The molecule has 110 valence electrons. The van der Waals surface area contributed by atoms with Crippen LogP contribution in [-0.4, -0.2) is 25.9 Å². The molecule has 2 heterocycles. The Morgan fingerprint density at radius 2 is 2.10 bits per heavy atom. The number of fused-ring (bicyclic) bond motifs is 1. The van der Waals surface area contributed by atoms with E-state index >= 15 is 0 Å². The molecule has 21 heavy (non-hydrogen) atoms. The molecule has 3 rings (SSSR count). The average molecular weight is 283 g/mol. The lowest BCUT2D eigenvalue weighted by Crippen LogP contribution is -2.11. The quantitative estimate of drug-likeness (QED) is 0.782. The van der Waals surface area contributed by atoms with Gasteiger partial charge in [0, 0.05) is 17.8 Å². The van der Waals surface area contributed by atoms with Crippen molar-refractivity contribution in [2.75, 3.05) is 6.54 Å². The van der Waals surface area contributed by atoms with Crippen molar-refractivity contribution in [1.82, 2.24) is 19.3 Å². The summed E-state index contributed by atoms with van der Waals surface area (Å²) in [5.41, 5.74) is 8.15. The summed E-state index contributed by atoms with van der Waals surface area (Å²) in [6.45, 7) is 5.64. The van der Waals surface area contributed by atoms with Crippen LogP contribution in [0.5, 0.6) is 0 Å². The van der Waals surface area contributed by atoms with E-state index in [1.54, 1.807) is 6.33 Å². The fraction of sp³-hybridized carbons (Fsp3) is 0.375. The summed E-state index contributed by atoms with van der Waals surface area (Å²) in [6, 6.07) is 8.98. The van der Waals surface area contributed by atoms with Crippen molar-refractivity contribution in [3.8, 4) is 0 Å². The van der Waals surface area contributed by atoms with Crippen LogP contribution in [0.2, 0.25) is 0 Å². The van der Waals surface area contributed by atoms with Crippen molar-refractivity contribution < 1.29 is 0 Å². The van der Waals surface area contributed by atoms with Gasteiger partial charge in [0.15, 0.2) is 0 Å². The van der Waals surface area contributed by atoms with Crippen LogP contribution in [0.1, 0.15) is 31.3 Å². The lowest BCUT2D eigenvalue weighted by Gasteiger charge is -2.11. The van der Waals surface area contributed by atoms with Crippen molar-refractivity contribution in [3.63, 3.8) is 0 Å². The summed E-state index contributed by atoms with van der Waals surface area (Å²) in [4.78, 5) is 4.39. The van der Waals surface area contributed by atoms with Gasteiger partial charge < -0.3 is 10.3 Å². The lowest BCUT2D eigenvalue weighted by atomic mass is 10.1. The molecule has 2 N–H and O–H groups in total. The third-order valence-electron chi connectivity index (χ3n) is 3.72. The zero-order valence-electron chi connectivity index (χ0n) is 12.5. The SMILES string of the molecule is CC(C)n1ncnc1Cn1ccc2ccc(CCN)cc21. The van der Waals surface area contributed by atoms with E-state index < -0.39 is 0 Å². The van der Waals surface area contributed by atoms with Gasteiger partial charge in [-0.15, -0.1) is 0 Å². The molecule has 0 aliphatic carbocycles. The highest BCUT2D eigenvalue weighted by atomic mass is 15.4. The molecule has 1 aromatic carbocycles. The molecule has 0 fully saturated rings. The molecule has 0 radical (unpaired) electrons. The smallest absolute Gasteiger partial charge is 0.147 e. The van der Waals surface area contributed by atoms with Crippen LogP contribution in [0.3, 0.4) is 0 Å². The van der Waals surface area contributed by atoms with Crippen LogP contribution in [0, 0.1) is 0 Å². The van der Waals surface area contributed by atoms with Crippen molar-refractivity contribution in [2.45, 2.75) is 32.9 Å². The van der Waals surface area contributed by atoms with Crippen LogP contribution >= 0.6 is 0 Å². The molecule has 5 heteroatoms. The fourth-order valence-electron chi connectivity index (χ4n) is 2.66. The number of nitrogens with zero attached hydrogens (tertiary/aromatic N) is 4. The monoisotopic (exact) mass is 283 g/mol. The predicted octanol–water partition coefficient (Wildman–Crippen LogP) is 2.36. The van der Waals surface area contributed by atoms with E-state index in [4.69, 9.17) is 5.73 Å². The Bertz CT molecular complexity index is 738. The highest BCUT2D eigenvalue weighted by Gasteiger charge is 2.10. The van der Waals surface area contributed by atoms with E-state index in [9.17, 15) is 0 Å². The first-order valence-corrected chi connectivity index (χ1v) is 7.35. The van der Waals surface area contributed by atoms with Gasteiger partial charge in [-0.2, -0.15) is 5.10 Å². The van der Waals surface area contributed by atoms with E-state index in [1.807, 2.05) is 4.68 Å². The second kappa shape index (κ2) is 5.69. The van der Waals surface area contributed by atoms with E-state index in [0.29, 0.717) is 12.6 Å². The normalized spacial score (nSPS) is 11.6. The topological polar surface area (TPSA) is 61.7 Å². The lowest BCUT2D eigenvalue weighted by molar-refractivity contribution is 0.498. The average Bonchev–Trinajstić information content (AvgIpc) is 3.07. The summed E-state index contributed by atoms with van der Waals surface area (Å²) in [6.07, 6.45) is 4.64. The van der Waals surface area contributed by atoms with Gasteiger partial charge in [-0.05, 0) is 49.9 Å². The third-order valence-corrected chi connectivity index (χ3v) is 3.72. The molecule has 0 saturated heterocycles. The Morgan fingerprint density at radius 3 is 2.86 bits per heavy atom. The number of benzene rings is 1. The molecule has 0 unspecified atom stereocenters. The highest BCUT2D eigenvalue weighted by Crippen LogP contribution is 2.19. The van der Waals surface area contributed by atoms with Gasteiger partial charge in [0.2, 0.25) is 0 Å². The second-order valence-corrected chi connectivity index (χ2v) is 5.59. The minimum Gasteiger partial charge on any atom is -0.340 e. The van der Waals surface area contributed by atoms with Crippen molar-refractivity contribution >= 4 is 10.9 Å². The van der Waals surface area contributed by atoms with Crippen LogP contribution in [0.4, 0.5) is 0 Å². The van der Waals surface area contributed by atoms with Crippen molar-refractivity contribution in [2.24, 2.45) is 5.73 Å². The maximum absolute atomic E-state index is 5.65. The van der Waals surface area contributed by atoms with Crippen LogP contribution in [0.15, 0.2) is 36.8 Å². The molecule has 0 saturated carbocycles. The fourth-order valence-corrected chi connectivity index (χ4v) is 2.66. The van der Waals surface area contributed by atoms with Gasteiger partial charge >= 0.3 is 0 Å². The minimum absolute atomic E-state index is 0.317. The molecular formula is C16H21N5. The van der Waals surface area contributed by atoms with Gasteiger partial charge in [0.05, 0.1) is 6.54 Å². The first-order chi connectivity index (χ1) is 10.2. The van der Waals surface area contributed by atoms with Crippen molar-refractivity contribution in [3.05, 3.63) is 48.2 Å². The maximum Gasteiger partial charge on any atom is 0.147 e. The molecule has 0 bridgehead atoms. The Kier molecular flexibility index (Phi) is 3.75. The minimum atomic E-state index is 0.317. The molecule has 2 aromatic heterocycles. The number of aromatic nitrogens is 4. The first-order valence-electron chi connectivity index (χ1n) is 7.35. The number of hydrogen-bond acceptors (Lipinski definition) is 3. The predicted molar refractivity (Wildman–Crippen MR) is 84.2 cm³/mol. The zero-order valence-corrected chi connectivity index (χ0v) is 12.5. The molecule has 3 aromatic rings. The van der Waals surface area contributed by atoms with E-state index in [2.05, 4.69) is 59.0 Å². The Balaban J connectivity index is 1.96. The van der Waals surface area contributed by atoms with E-state index in [-0.39, 0.29) is 0 Å². The summed E-state index contributed by atoms with van der Waals surface area (Å²) in [7, 11) is 0. The van der Waals surface area contributed by atoms with Gasteiger partial charge in [0.1, 0.15) is 12.2 Å². The standard InChI is InChI=1S/C16H21N5/c1-12(2)21-16(18-11-19-21)10-20-8-6-14-4-3-13(5-7-17)9-15(14)20/h3-4,6,8-9,11-12H,5,7,10,17H2,1-2H3. The Morgan fingerprint density at radius 1 is 1.24 bits per heavy atom. The van der Waals surface area contributed by atoms with Gasteiger partial charge in [-0.25, -0.2) is 9.67 Å². The van der Waals surface area contributed by atoms with E-state index in [1.165, 1.54) is 16.5 Å². The first kappa shape index (κ1) is 13.8. The Labute approximate surface area is 124 Å². The third kappa shape index (κ3) is 2.69. The van der Waals surface area contributed by atoms with Gasteiger partial charge in [0.25, 0.3) is 0 Å². The van der Waals surface area contributed by atoms with Crippen LogP contribution in [-0.2, 0) is 13.0 Å². The molecule has 0 spiro atoms. The van der Waals surface area contributed by atoms with Gasteiger partial charge in [-0.1, -0.05) is 12.1 Å². The summed E-state index contributed by atoms with van der Waals surface area (Å²) in [5.74, 6) is 0.978. The number of nitrogens with two attached hydrogens (primary N) is 1. The maximum atomic E-state index is 5.65. The van der Waals surface area contributed by atoms with Crippen LogP contribution in [0.25, 0.3) is 10.9 Å². The van der Waals surface area contributed by atoms with Crippen LogP contribution < -0.4 is 5.73 Å². The number of rotatable bonds is 5. The molecule has 5 nitrogen and oxygen atoms in total.